The number of aliphatic hydroxyl groups is 1. The van der Waals surface area contributed by atoms with Gasteiger partial charge in [-0.2, -0.15) is 0 Å². The van der Waals surface area contributed by atoms with Gasteiger partial charge in [0.25, 0.3) is 5.97 Å². The Labute approximate surface area is 85.4 Å². The van der Waals surface area contributed by atoms with Gasteiger partial charge in [0.2, 0.25) is 0 Å². The van der Waals surface area contributed by atoms with Crippen LogP contribution in [0.1, 0.15) is 45.4 Å². The van der Waals surface area contributed by atoms with Gasteiger partial charge in [-0.05, 0) is 25.7 Å². The molecule has 0 radical (unpaired) electrons. The highest BCUT2D eigenvalue weighted by molar-refractivity contribution is 4.84. The predicted octanol–water partition coefficient (Wildman–Crippen LogP) is 2.04. The molecule has 14 heavy (non-hydrogen) atoms. The van der Waals surface area contributed by atoms with E-state index >= 15 is 0 Å². The third kappa shape index (κ3) is 2.10. The van der Waals surface area contributed by atoms with Gasteiger partial charge in [-0.1, -0.05) is 19.3 Å². The van der Waals surface area contributed by atoms with E-state index in [0.29, 0.717) is 18.9 Å². The van der Waals surface area contributed by atoms with Crippen molar-refractivity contribution in [3.63, 3.8) is 0 Å². The molecular weight excluding hydrogens is 180 g/mol. The van der Waals surface area contributed by atoms with Crippen LogP contribution in [0.2, 0.25) is 0 Å². The summed E-state index contributed by atoms with van der Waals surface area (Å²) >= 11 is 0. The first-order chi connectivity index (χ1) is 6.73. The maximum Gasteiger partial charge on any atom is 0.283 e. The first-order valence-corrected chi connectivity index (χ1v) is 5.77. The highest BCUT2D eigenvalue weighted by Gasteiger charge is 2.48. The number of rotatable bonds is 3. The van der Waals surface area contributed by atoms with Crippen molar-refractivity contribution in [3.05, 3.63) is 0 Å². The summed E-state index contributed by atoms with van der Waals surface area (Å²) < 4.78 is 10.6. The van der Waals surface area contributed by atoms with Gasteiger partial charge in [0.1, 0.15) is 0 Å². The Hall–Kier alpha value is -0.120. The van der Waals surface area contributed by atoms with Gasteiger partial charge in [-0.25, -0.2) is 0 Å². The van der Waals surface area contributed by atoms with Crippen molar-refractivity contribution >= 4 is 0 Å². The van der Waals surface area contributed by atoms with Gasteiger partial charge in [0.15, 0.2) is 0 Å². The number of hydrogen-bond donors (Lipinski definition) is 1. The van der Waals surface area contributed by atoms with Crippen molar-refractivity contribution in [1.82, 2.24) is 0 Å². The molecule has 1 saturated carbocycles. The van der Waals surface area contributed by atoms with Crippen molar-refractivity contribution < 1.29 is 14.6 Å². The van der Waals surface area contributed by atoms with Crippen molar-refractivity contribution in [1.29, 1.82) is 0 Å². The molecule has 3 nitrogen and oxygen atoms in total. The molecule has 1 heterocycles. The maximum atomic E-state index is 9.67. The zero-order chi connectivity index (χ0) is 10.0. The molecule has 0 spiro atoms. The van der Waals surface area contributed by atoms with Crippen molar-refractivity contribution in [2.24, 2.45) is 5.92 Å². The number of hydrogen-bond acceptors (Lipinski definition) is 3. The highest BCUT2D eigenvalue weighted by Crippen LogP contribution is 2.40. The van der Waals surface area contributed by atoms with Gasteiger partial charge < -0.3 is 14.6 Å². The average Bonchev–Trinajstić information content (AvgIpc) is 2.16. The molecule has 0 bridgehead atoms. The van der Waals surface area contributed by atoms with Crippen LogP contribution in [0.15, 0.2) is 0 Å². The molecule has 2 rings (SSSR count). The molecule has 2 unspecified atom stereocenters. The zero-order valence-corrected chi connectivity index (χ0v) is 8.87. The Bertz CT molecular complexity index is 181. The molecule has 3 heteroatoms. The average molecular weight is 200 g/mol. The lowest BCUT2D eigenvalue weighted by atomic mass is 9.82. The Morgan fingerprint density at radius 2 is 2.00 bits per heavy atom. The molecule has 1 aliphatic carbocycles. The smallest absolute Gasteiger partial charge is 0.283 e. The second-order valence-electron chi connectivity index (χ2n) is 4.40. The molecule has 1 N–H and O–H groups in total. The molecule has 0 aromatic carbocycles. The first kappa shape index (κ1) is 10.4. The molecule has 2 aliphatic rings. The molecule has 0 aromatic rings. The van der Waals surface area contributed by atoms with Crippen LogP contribution < -0.4 is 0 Å². The third-order valence-corrected chi connectivity index (χ3v) is 3.34. The van der Waals surface area contributed by atoms with Crippen molar-refractivity contribution in [2.75, 3.05) is 6.61 Å². The lowest BCUT2D eigenvalue weighted by Crippen LogP contribution is -2.55. The summed E-state index contributed by atoms with van der Waals surface area (Å²) in [7, 11) is 0. The van der Waals surface area contributed by atoms with Gasteiger partial charge >= 0.3 is 0 Å². The van der Waals surface area contributed by atoms with E-state index in [9.17, 15) is 5.11 Å². The van der Waals surface area contributed by atoms with Gasteiger partial charge in [-0.15, -0.1) is 0 Å². The standard InChI is InChI=1S/C11H20O3/c1-2-13-11(12)8-10(14-11)9-6-4-3-5-7-9/h9-10,12H,2-8H2,1H3. The van der Waals surface area contributed by atoms with Crippen LogP contribution in [0.4, 0.5) is 0 Å². The molecule has 2 fully saturated rings. The summed E-state index contributed by atoms with van der Waals surface area (Å²) in [6.07, 6.45) is 7.41. The SMILES string of the molecule is CCOC1(O)CC(C2CCCCC2)O1. The van der Waals surface area contributed by atoms with Crippen LogP contribution in [0.25, 0.3) is 0 Å². The summed E-state index contributed by atoms with van der Waals surface area (Å²) in [5, 5.41) is 9.67. The van der Waals surface area contributed by atoms with Crippen LogP contribution in [0.3, 0.4) is 0 Å². The third-order valence-electron chi connectivity index (χ3n) is 3.34. The van der Waals surface area contributed by atoms with Gasteiger partial charge in [0.05, 0.1) is 12.5 Å². The molecule has 1 saturated heterocycles. The van der Waals surface area contributed by atoms with Crippen LogP contribution >= 0.6 is 0 Å². The molecule has 1 aliphatic heterocycles. The Kier molecular flexibility index (Phi) is 3.10. The molecule has 0 aromatic heterocycles. The fraction of sp³-hybridized carbons (Fsp3) is 1.00. The lowest BCUT2D eigenvalue weighted by Gasteiger charge is -2.46. The monoisotopic (exact) mass is 200 g/mol. The highest BCUT2D eigenvalue weighted by atomic mass is 16.8. The summed E-state index contributed by atoms with van der Waals surface area (Å²) in [5.74, 6) is -0.596. The second kappa shape index (κ2) is 4.17. The van der Waals surface area contributed by atoms with Crippen LogP contribution in [0.5, 0.6) is 0 Å². The van der Waals surface area contributed by atoms with E-state index in [-0.39, 0.29) is 6.10 Å². The molecule has 82 valence electrons. The summed E-state index contributed by atoms with van der Waals surface area (Å²) in [6, 6.07) is 0. The number of ether oxygens (including phenoxy) is 2. The van der Waals surface area contributed by atoms with E-state index < -0.39 is 5.97 Å². The second-order valence-corrected chi connectivity index (χ2v) is 4.40. The zero-order valence-electron chi connectivity index (χ0n) is 8.87. The van der Waals surface area contributed by atoms with Gasteiger partial charge in [0, 0.05) is 6.61 Å². The largest absolute Gasteiger partial charge is 0.343 e. The van der Waals surface area contributed by atoms with E-state index in [1.165, 1.54) is 32.1 Å². The Balaban J connectivity index is 1.75. The Morgan fingerprint density at radius 1 is 1.36 bits per heavy atom. The molecule has 2 atom stereocenters. The van der Waals surface area contributed by atoms with E-state index in [0.717, 1.165) is 0 Å². The minimum Gasteiger partial charge on any atom is -0.343 e. The molecular formula is C11H20O3. The first-order valence-electron chi connectivity index (χ1n) is 5.77. The normalized spacial score (nSPS) is 39.4. The van der Waals surface area contributed by atoms with Crippen molar-refractivity contribution in [2.45, 2.75) is 57.5 Å². The van der Waals surface area contributed by atoms with Crippen molar-refractivity contribution in [3.8, 4) is 0 Å². The summed E-state index contributed by atoms with van der Waals surface area (Å²) in [6.45, 7) is 2.38. The van der Waals surface area contributed by atoms with E-state index in [1.807, 2.05) is 6.92 Å². The summed E-state index contributed by atoms with van der Waals surface area (Å²) in [4.78, 5) is 0. The minimum absolute atomic E-state index is 0.242. The molecule has 0 amide bonds. The summed E-state index contributed by atoms with van der Waals surface area (Å²) in [5.41, 5.74) is 0. The fourth-order valence-electron chi connectivity index (χ4n) is 2.57. The van der Waals surface area contributed by atoms with E-state index in [4.69, 9.17) is 9.47 Å². The van der Waals surface area contributed by atoms with Gasteiger partial charge in [-0.3, -0.25) is 0 Å². The maximum absolute atomic E-state index is 9.67. The van der Waals surface area contributed by atoms with Crippen LogP contribution in [0, 0.1) is 5.92 Å². The van der Waals surface area contributed by atoms with Crippen LogP contribution in [-0.4, -0.2) is 23.8 Å². The Morgan fingerprint density at radius 3 is 2.57 bits per heavy atom. The van der Waals surface area contributed by atoms with Crippen LogP contribution in [-0.2, 0) is 9.47 Å². The quantitative estimate of drug-likeness (QED) is 0.708. The fourth-order valence-corrected chi connectivity index (χ4v) is 2.57. The predicted molar refractivity (Wildman–Crippen MR) is 52.6 cm³/mol. The van der Waals surface area contributed by atoms with E-state index in [2.05, 4.69) is 0 Å². The minimum atomic E-state index is -1.25. The lowest BCUT2D eigenvalue weighted by molar-refractivity contribution is -0.451. The topological polar surface area (TPSA) is 38.7 Å². The van der Waals surface area contributed by atoms with E-state index in [1.54, 1.807) is 0 Å².